The summed E-state index contributed by atoms with van der Waals surface area (Å²) in [6, 6.07) is 68.8. The average molecular weight is 1260 g/mol. The number of thiophene rings is 2. The molecule has 0 saturated carbocycles. The zero-order valence-corrected chi connectivity index (χ0v) is 53.3. The molecular weight excluding hydrogens is 1190 g/mol. The van der Waals surface area contributed by atoms with Crippen molar-refractivity contribution in [3.63, 3.8) is 0 Å². The molecule has 0 atom stereocenters. The van der Waals surface area contributed by atoms with Crippen LogP contribution in [0.5, 0.6) is 23.0 Å². The van der Waals surface area contributed by atoms with Gasteiger partial charge < -0.3 is 28.4 Å². The van der Waals surface area contributed by atoms with Crippen LogP contribution >= 0.6 is 22.7 Å². The van der Waals surface area contributed by atoms with Crippen LogP contribution < -0.4 is 18.9 Å². The maximum absolute atomic E-state index is 11.5. The Hall–Kier alpha value is -10.8. The van der Waals surface area contributed by atoms with Crippen molar-refractivity contribution in [2.45, 2.75) is 26.7 Å². The van der Waals surface area contributed by atoms with Gasteiger partial charge in [0.25, 0.3) is 0 Å². The fraction of sp³-hybridized carbons (Fsp3) is 0.108. The first-order chi connectivity index (χ1) is 45.6. The fourth-order valence-corrected chi connectivity index (χ4v) is 13.7. The zero-order chi connectivity index (χ0) is 63.6. The highest BCUT2D eigenvalue weighted by Gasteiger charge is 2.27. The highest BCUT2D eigenvalue weighted by molar-refractivity contribution is 7.13. The van der Waals surface area contributed by atoms with E-state index >= 15 is 0 Å². The molecule has 10 heteroatoms. The SMILES string of the molecule is C=CC(=O)OCCCOc1ccc(/C=C/c2cc3ccccc3c3c2OCOc2c(/C=C/c4ccc(OCCCOC(=O)C=C)cc4)cc4cc(-c5cc(C)sc5/C=C\c5ccc6ccccc6c5-c5c(/C=C\c6ccc(C)s6)ccc6ccccc56)ccc4c2-3)cc1. The third-order valence-electron chi connectivity index (χ3n) is 16.4. The van der Waals surface area contributed by atoms with Gasteiger partial charge in [-0.1, -0.05) is 183 Å². The Bertz CT molecular complexity index is 4940. The molecule has 2 aromatic heterocycles. The molecule has 0 saturated heterocycles. The predicted octanol–water partition coefficient (Wildman–Crippen LogP) is 21.4. The average Bonchev–Trinajstić information content (AvgIpc) is 1.72. The van der Waals surface area contributed by atoms with Crippen LogP contribution in [-0.4, -0.2) is 45.2 Å². The van der Waals surface area contributed by atoms with Crippen molar-refractivity contribution in [1.82, 2.24) is 0 Å². The van der Waals surface area contributed by atoms with E-state index in [-0.39, 0.29) is 20.0 Å². The van der Waals surface area contributed by atoms with Crippen molar-refractivity contribution in [2.75, 3.05) is 33.2 Å². The van der Waals surface area contributed by atoms with Gasteiger partial charge in [-0.05, 0) is 174 Å². The second-order valence-corrected chi connectivity index (χ2v) is 25.2. The molecule has 0 N–H and O–H groups in total. The first-order valence-electron chi connectivity index (χ1n) is 31.0. The van der Waals surface area contributed by atoms with Crippen molar-refractivity contribution in [1.29, 1.82) is 0 Å². The van der Waals surface area contributed by atoms with Gasteiger partial charge >= 0.3 is 11.9 Å². The Morgan fingerprint density at radius 2 is 0.925 bits per heavy atom. The first-order valence-corrected chi connectivity index (χ1v) is 32.7. The van der Waals surface area contributed by atoms with Crippen LogP contribution in [0, 0.1) is 13.8 Å². The number of fused-ring (bicyclic) bond motifs is 9. The van der Waals surface area contributed by atoms with Crippen molar-refractivity contribution in [2.24, 2.45) is 0 Å². The molecule has 12 aromatic rings. The minimum atomic E-state index is -0.447. The molecular formula is C83H66O8S2. The third-order valence-corrected chi connectivity index (χ3v) is 18.4. The lowest BCUT2D eigenvalue weighted by molar-refractivity contribution is -0.138. The summed E-state index contributed by atoms with van der Waals surface area (Å²) in [4.78, 5) is 27.9. The summed E-state index contributed by atoms with van der Waals surface area (Å²) in [5.74, 6) is 1.99. The molecule has 13 rings (SSSR count). The highest BCUT2D eigenvalue weighted by Crippen LogP contribution is 2.52. The Labute approximate surface area is 549 Å². The molecule has 0 unspecified atom stereocenters. The molecule has 0 amide bonds. The van der Waals surface area contributed by atoms with Crippen LogP contribution in [0.3, 0.4) is 0 Å². The van der Waals surface area contributed by atoms with Crippen LogP contribution in [-0.2, 0) is 19.1 Å². The van der Waals surface area contributed by atoms with Gasteiger partial charge in [-0.15, -0.1) is 22.7 Å². The summed E-state index contributed by atoms with van der Waals surface area (Å²) in [7, 11) is 0. The van der Waals surface area contributed by atoms with Crippen molar-refractivity contribution in [3.8, 4) is 56.4 Å². The number of aryl methyl sites for hydroxylation is 2. The molecule has 93 heavy (non-hydrogen) atoms. The lowest BCUT2D eigenvalue weighted by Crippen LogP contribution is -2.06. The van der Waals surface area contributed by atoms with Gasteiger partial charge in [-0.3, -0.25) is 0 Å². The number of carbonyl (C=O) groups excluding carboxylic acids is 2. The molecule has 0 radical (unpaired) electrons. The molecule has 0 fully saturated rings. The number of carbonyl (C=O) groups is 2. The summed E-state index contributed by atoms with van der Waals surface area (Å²) in [6.45, 7) is 12.6. The zero-order valence-electron chi connectivity index (χ0n) is 51.7. The normalized spacial score (nSPS) is 12.2. The van der Waals surface area contributed by atoms with Gasteiger partial charge in [0.15, 0.2) is 0 Å². The van der Waals surface area contributed by atoms with Gasteiger partial charge in [0.2, 0.25) is 6.79 Å². The largest absolute Gasteiger partial charge is 0.493 e. The minimum absolute atomic E-state index is 0.0164. The molecule has 458 valence electrons. The maximum atomic E-state index is 11.5. The molecule has 0 bridgehead atoms. The summed E-state index contributed by atoms with van der Waals surface area (Å²) in [6.07, 6.45) is 21.0. The second kappa shape index (κ2) is 28.2. The van der Waals surface area contributed by atoms with E-state index in [4.69, 9.17) is 28.4 Å². The van der Waals surface area contributed by atoms with Crippen LogP contribution in [0.2, 0.25) is 0 Å². The number of ether oxygens (including phenoxy) is 6. The molecule has 3 heterocycles. The summed E-state index contributed by atoms with van der Waals surface area (Å²) in [5, 5.41) is 8.95. The topological polar surface area (TPSA) is 89.5 Å². The van der Waals surface area contributed by atoms with E-state index < -0.39 is 11.9 Å². The molecule has 0 spiro atoms. The van der Waals surface area contributed by atoms with Crippen LogP contribution in [0.1, 0.15) is 65.7 Å². The van der Waals surface area contributed by atoms with Crippen LogP contribution in [0.4, 0.5) is 0 Å². The Balaban J connectivity index is 0.897. The molecule has 8 nitrogen and oxygen atoms in total. The number of hydrogen-bond acceptors (Lipinski definition) is 10. The van der Waals surface area contributed by atoms with E-state index in [0.717, 1.165) is 111 Å². The van der Waals surface area contributed by atoms with Gasteiger partial charge in [-0.25, -0.2) is 9.59 Å². The number of esters is 2. The first kappa shape index (κ1) is 61.1. The smallest absolute Gasteiger partial charge is 0.330 e. The van der Waals surface area contributed by atoms with Crippen molar-refractivity contribution >= 4 is 126 Å². The number of hydrogen-bond donors (Lipinski definition) is 0. The van der Waals surface area contributed by atoms with Gasteiger partial charge in [-0.2, -0.15) is 0 Å². The van der Waals surface area contributed by atoms with Crippen LogP contribution in [0.15, 0.2) is 219 Å². The van der Waals surface area contributed by atoms with Crippen LogP contribution in [0.25, 0.3) is 125 Å². The second-order valence-electron chi connectivity index (χ2n) is 22.6. The summed E-state index contributed by atoms with van der Waals surface area (Å²) in [5.41, 5.74) is 12.6. The lowest BCUT2D eigenvalue weighted by atomic mass is 9.86. The van der Waals surface area contributed by atoms with E-state index in [9.17, 15) is 9.59 Å². The molecule has 10 aromatic carbocycles. The Kier molecular flexibility index (Phi) is 18.5. The quantitative estimate of drug-likeness (QED) is 0.0287. The van der Waals surface area contributed by atoms with E-state index in [0.29, 0.717) is 31.8 Å². The van der Waals surface area contributed by atoms with E-state index in [1.54, 1.807) is 22.7 Å². The van der Waals surface area contributed by atoms with E-state index in [1.165, 1.54) is 47.3 Å². The maximum Gasteiger partial charge on any atom is 0.330 e. The van der Waals surface area contributed by atoms with Crippen molar-refractivity contribution in [3.05, 3.63) is 272 Å². The standard InChI is InChI=1S/C83H66O8S2/c1-5-76(84)88-47-13-45-86-67-37-24-56(25-38-67)22-28-64-50-62-17-9-12-20-72(62)80-81-73-43-35-63(51-66(73)52-65(83(81)91-53-90-82(64)80)29-23-57-26-39-68(40-27-57)87-46-14-48-89-77(85)6-2)74-49-55(4)93-75(74)44-36-61-33-31-59-16-8-11-19-71(59)79(61)78-60(34-42-69-41-21-54(3)92-69)32-30-58-15-7-10-18-70(58)78/h5-12,15-44,49-52H,1-2,13-14,45-48,53H2,3-4H3/b28-22+,29-23+,42-34-,44-36-. The van der Waals surface area contributed by atoms with E-state index in [2.05, 4.69) is 221 Å². The Morgan fingerprint density at radius 3 is 1.46 bits per heavy atom. The molecule has 0 aliphatic carbocycles. The van der Waals surface area contributed by atoms with E-state index in [1.807, 2.05) is 48.5 Å². The summed E-state index contributed by atoms with van der Waals surface area (Å²) >= 11 is 3.60. The number of rotatable bonds is 22. The lowest BCUT2D eigenvalue weighted by Gasteiger charge is -2.18. The van der Waals surface area contributed by atoms with Gasteiger partial charge in [0, 0.05) is 66.8 Å². The number of benzene rings is 10. The minimum Gasteiger partial charge on any atom is -0.493 e. The van der Waals surface area contributed by atoms with Crippen molar-refractivity contribution < 1.29 is 38.0 Å². The Morgan fingerprint density at radius 1 is 0.430 bits per heavy atom. The third kappa shape index (κ3) is 13.8. The predicted molar refractivity (Wildman–Crippen MR) is 388 cm³/mol. The fourth-order valence-electron chi connectivity index (χ4n) is 12.0. The molecule has 1 aliphatic rings. The monoisotopic (exact) mass is 1250 g/mol. The van der Waals surface area contributed by atoms with Gasteiger partial charge in [0.1, 0.15) is 23.0 Å². The highest BCUT2D eigenvalue weighted by atomic mass is 32.1. The summed E-state index contributed by atoms with van der Waals surface area (Å²) < 4.78 is 35.8. The molecule has 1 aliphatic heterocycles. The van der Waals surface area contributed by atoms with Gasteiger partial charge in [0.05, 0.1) is 26.4 Å².